The lowest BCUT2D eigenvalue weighted by Crippen LogP contribution is -2.43. The van der Waals surface area contributed by atoms with Gasteiger partial charge < -0.3 is 5.11 Å². The van der Waals surface area contributed by atoms with Gasteiger partial charge in [-0.15, -0.1) is 0 Å². The third kappa shape index (κ3) is 5.93. The van der Waals surface area contributed by atoms with Crippen LogP contribution < -0.4 is 4.90 Å². The smallest absolute Gasteiger partial charge is 0.349 e. The number of carbonyl (C=O) groups excluding carboxylic acids is 1. The van der Waals surface area contributed by atoms with Gasteiger partial charge in [-0.05, 0) is 61.9 Å². The van der Waals surface area contributed by atoms with Crippen molar-refractivity contribution in [3.05, 3.63) is 59.2 Å². The SMILES string of the molecule is Cc1ccc2c(c1)N(c1ccc(CO)cc1)C(=O)N(C1CCCCCCCCC1)N=C2C1CCCCC1. The van der Waals surface area contributed by atoms with Crippen LogP contribution in [0.2, 0.25) is 0 Å². The molecule has 2 aliphatic carbocycles. The van der Waals surface area contributed by atoms with Crippen LogP contribution in [0.5, 0.6) is 0 Å². The van der Waals surface area contributed by atoms with Gasteiger partial charge in [0.15, 0.2) is 0 Å². The molecule has 2 saturated carbocycles. The van der Waals surface area contributed by atoms with Crippen LogP contribution >= 0.6 is 0 Å². The van der Waals surface area contributed by atoms with E-state index in [0.29, 0.717) is 5.92 Å². The molecule has 0 spiro atoms. The first-order valence-electron chi connectivity index (χ1n) is 14.7. The normalized spacial score (nSPS) is 20.8. The van der Waals surface area contributed by atoms with Crippen molar-refractivity contribution in [2.45, 2.75) is 109 Å². The molecule has 0 unspecified atom stereocenters. The predicted molar refractivity (Wildman–Crippen MR) is 151 cm³/mol. The zero-order valence-corrected chi connectivity index (χ0v) is 22.5. The highest BCUT2D eigenvalue weighted by molar-refractivity contribution is 6.14. The van der Waals surface area contributed by atoms with E-state index in [0.717, 1.165) is 72.3 Å². The first-order chi connectivity index (χ1) is 18.2. The van der Waals surface area contributed by atoms with Gasteiger partial charge in [0.05, 0.1) is 29.7 Å². The van der Waals surface area contributed by atoms with Gasteiger partial charge in [0.2, 0.25) is 0 Å². The highest BCUT2D eigenvalue weighted by Crippen LogP contribution is 2.39. The van der Waals surface area contributed by atoms with Crippen LogP contribution in [0.4, 0.5) is 16.2 Å². The summed E-state index contributed by atoms with van der Waals surface area (Å²) in [6, 6.07) is 14.3. The number of aliphatic hydroxyl groups is 1. The molecule has 1 heterocycles. The summed E-state index contributed by atoms with van der Waals surface area (Å²) >= 11 is 0. The number of nitrogens with zero attached hydrogens (tertiary/aromatic N) is 3. The Morgan fingerprint density at radius 3 is 2.05 bits per heavy atom. The minimum absolute atomic E-state index is 0.00689. The Balaban J connectivity index is 1.62. The van der Waals surface area contributed by atoms with Crippen LogP contribution in [0.25, 0.3) is 0 Å². The van der Waals surface area contributed by atoms with Crippen molar-refractivity contribution < 1.29 is 9.90 Å². The molecule has 1 aliphatic heterocycles. The summed E-state index contributed by atoms with van der Waals surface area (Å²) < 4.78 is 0. The molecule has 2 aromatic carbocycles. The number of fused-ring (bicyclic) bond motifs is 1. The van der Waals surface area contributed by atoms with Crippen molar-refractivity contribution in [2.24, 2.45) is 11.0 Å². The molecule has 2 amide bonds. The van der Waals surface area contributed by atoms with Crippen molar-refractivity contribution in [3.63, 3.8) is 0 Å². The second-order valence-corrected chi connectivity index (χ2v) is 11.3. The van der Waals surface area contributed by atoms with Crippen molar-refractivity contribution in [3.8, 4) is 0 Å². The largest absolute Gasteiger partial charge is 0.392 e. The van der Waals surface area contributed by atoms with E-state index in [-0.39, 0.29) is 18.7 Å². The quantitative estimate of drug-likeness (QED) is 0.459. The van der Waals surface area contributed by atoms with E-state index in [2.05, 4.69) is 25.1 Å². The highest BCUT2D eigenvalue weighted by Gasteiger charge is 2.37. The first kappa shape index (κ1) is 26.0. The van der Waals surface area contributed by atoms with Crippen LogP contribution in [0.1, 0.15) is 107 Å². The van der Waals surface area contributed by atoms with Gasteiger partial charge in [0.25, 0.3) is 0 Å². The molecule has 2 fully saturated rings. The second kappa shape index (κ2) is 12.3. The Kier molecular flexibility index (Phi) is 8.60. The summed E-state index contributed by atoms with van der Waals surface area (Å²) in [5, 5.41) is 16.8. The number of aryl methyl sites for hydroxylation is 1. The summed E-state index contributed by atoms with van der Waals surface area (Å²) in [5.41, 5.74) is 5.96. The van der Waals surface area contributed by atoms with Crippen molar-refractivity contribution in [1.29, 1.82) is 0 Å². The van der Waals surface area contributed by atoms with Crippen molar-refractivity contribution >= 4 is 23.1 Å². The maximum Gasteiger partial charge on any atom is 0.349 e. The summed E-state index contributed by atoms with van der Waals surface area (Å²) in [6.45, 7) is 2.09. The van der Waals surface area contributed by atoms with Crippen LogP contribution in [0.15, 0.2) is 47.6 Å². The van der Waals surface area contributed by atoms with Crippen LogP contribution in [-0.2, 0) is 6.61 Å². The van der Waals surface area contributed by atoms with Gasteiger partial charge in [-0.1, -0.05) is 88.5 Å². The number of rotatable bonds is 4. The number of hydrazone groups is 1. The monoisotopic (exact) mass is 501 g/mol. The molecule has 5 nitrogen and oxygen atoms in total. The van der Waals surface area contributed by atoms with E-state index in [1.54, 1.807) is 0 Å². The van der Waals surface area contributed by atoms with Gasteiger partial charge in [-0.25, -0.2) is 9.80 Å². The average Bonchev–Trinajstić information content (AvgIpc) is 3.06. The lowest BCUT2D eigenvalue weighted by Gasteiger charge is -2.32. The molecule has 198 valence electrons. The molecule has 2 aromatic rings. The maximum atomic E-state index is 14.5. The molecule has 5 heteroatoms. The molecule has 0 saturated heterocycles. The fourth-order valence-electron chi connectivity index (χ4n) is 6.41. The molecular weight excluding hydrogens is 458 g/mol. The van der Waals surface area contributed by atoms with E-state index in [1.807, 2.05) is 34.2 Å². The molecule has 0 atom stereocenters. The van der Waals surface area contributed by atoms with E-state index in [9.17, 15) is 9.90 Å². The summed E-state index contributed by atoms with van der Waals surface area (Å²) in [6.07, 6.45) is 16.8. The third-order valence-electron chi connectivity index (χ3n) is 8.56. The number of urea groups is 1. The number of hydrogen-bond donors (Lipinski definition) is 1. The molecule has 1 N–H and O–H groups in total. The average molecular weight is 502 g/mol. The summed E-state index contributed by atoms with van der Waals surface area (Å²) in [4.78, 5) is 16.4. The molecule has 37 heavy (non-hydrogen) atoms. The van der Waals surface area contributed by atoms with E-state index < -0.39 is 0 Å². The fourth-order valence-corrected chi connectivity index (χ4v) is 6.41. The summed E-state index contributed by atoms with van der Waals surface area (Å²) in [5.74, 6) is 0.391. The van der Waals surface area contributed by atoms with Crippen molar-refractivity contribution in [1.82, 2.24) is 5.01 Å². The van der Waals surface area contributed by atoms with Crippen molar-refractivity contribution in [2.75, 3.05) is 4.90 Å². The van der Waals surface area contributed by atoms with Gasteiger partial charge in [0.1, 0.15) is 0 Å². The van der Waals surface area contributed by atoms with Gasteiger partial charge in [-0.2, -0.15) is 5.10 Å². The number of carbonyl (C=O) groups is 1. The molecule has 3 aliphatic rings. The first-order valence-corrected chi connectivity index (χ1v) is 14.7. The van der Waals surface area contributed by atoms with E-state index >= 15 is 0 Å². The van der Waals surface area contributed by atoms with E-state index in [1.165, 1.54) is 51.4 Å². The highest BCUT2D eigenvalue weighted by atomic mass is 16.3. The fraction of sp³-hybridized carbons (Fsp3) is 0.562. The van der Waals surface area contributed by atoms with Gasteiger partial charge >= 0.3 is 6.03 Å². The Morgan fingerprint density at radius 2 is 1.41 bits per heavy atom. The number of hydrogen-bond acceptors (Lipinski definition) is 3. The zero-order valence-electron chi connectivity index (χ0n) is 22.5. The summed E-state index contributed by atoms with van der Waals surface area (Å²) in [7, 11) is 0. The minimum Gasteiger partial charge on any atom is -0.392 e. The second-order valence-electron chi connectivity index (χ2n) is 11.3. The maximum absolute atomic E-state index is 14.5. The number of benzene rings is 2. The molecular formula is C32H43N3O2. The van der Waals surface area contributed by atoms with Gasteiger partial charge in [0, 0.05) is 11.5 Å². The van der Waals surface area contributed by atoms with Crippen LogP contribution in [-0.4, -0.2) is 27.9 Å². The number of amides is 2. The van der Waals surface area contributed by atoms with Gasteiger partial charge in [-0.3, -0.25) is 4.90 Å². The third-order valence-corrected chi connectivity index (χ3v) is 8.56. The lowest BCUT2D eigenvalue weighted by molar-refractivity contribution is 0.174. The molecule has 0 aromatic heterocycles. The van der Waals surface area contributed by atoms with Crippen LogP contribution in [0, 0.1) is 12.8 Å². The van der Waals surface area contributed by atoms with E-state index in [4.69, 9.17) is 5.10 Å². The Morgan fingerprint density at radius 1 is 0.811 bits per heavy atom. The predicted octanol–water partition coefficient (Wildman–Crippen LogP) is 8.24. The minimum atomic E-state index is -0.0449. The number of anilines is 2. The Hall–Kier alpha value is -2.66. The lowest BCUT2D eigenvalue weighted by atomic mass is 9.82. The Labute approximate surface area is 222 Å². The topological polar surface area (TPSA) is 56.1 Å². The molecule has 5 rings (SSSR count). The molecule has 0 radical (unpaired) electrons. The molecule has 0 bridgehead atoms. The zero-order chi connectivity index (χ0) is 25.6. The van der Waals surface area contributed by atoms with Crippen LogP contribution in [0.3, 0.4) is 0 Å². The Bertz CT molecular complexity index is 1080. The number of aliphatic hydroxyl groups excluding tert-OH is 1. The standard InChI is InChI=1S/C32H43N3O2/c1-24-16-21-29-30(22-24)34(27-19-17-25(23-36)18-20-27)32(37)35(33-31(29)26-12-8-7-9-13-26)28-14-10-5-3-2-4-6-11-15-28/h16-22,26,28,36H,2-15,23H2,1H3.